The zero-order chi connectivity index (χ0) is 15.7. The van der Waals surface area contributed by atoms with Crippen LogP contribution in [0, 0.1) is 0 Å². The van der Waals surface area contributed by atoms with Crippen LogP contribution in [0.2, 0.25) is 0 Å². The Bertz CT molecular complexity index is 509. The molecule has 0 amide bonds. The molecular weight excluding hydrogens is 267 g/mol. The lowest BCUT2D eigenvalue weighted by atomic mass is 9.79. The largest absolute Gasteiger partial charge is 0.494 e. The van der Waals surface area contributed by atoms with Gasteiger partial charge in [0.2, 0.25) is 0 Å². The molecule has 1 heterocycles. The zero-order valence-electron chi connectivity index (χ0n) is 13.4. The van der Waals surface area contributed by atoms with Crippen molar-refractivity contribution in [1.29, 1.82) is 0 Å². The molecule has 1 aliphatic rings. The summed E-state index contributed by atoms with van der Waals surface area (Å²) in [4.78, 5) is 11.6. The summed E-state index contributed by atoms with van der Waals surface area (Å²) < 4.78 is 17.3. The average molecular weight is 290 g/mol. The van der Waals surface area contributed by atoms with Gasteiger partial charge in [-0.05, 0) is 51.7 Å². The maximum atomic E-state index is 11.6. The van der Waals surface area contributed by atoms with E-state index in [0.29, 0.717) is 12.2 Å². The van der Waals surface area contributed by atoms with Gasteiger partial charge in [-0.1, -0.05) is 19.1 Å². The van der Waals surface area contributed by atoms with E-state index in [1.165, 1.54) is 0 Å². The summed E-state index contributed by atoms with van der Waals surface area (Å²) in [6, 6.07) is 7.33. The molecule has 1 aromatic rings. The standard InChI is InChI=1S/C16H23BO4/c1-6-8-14(18)19-13-10-7-9-12(11-13)17-20-15(2,3)16(4,5)21-17/h7,9-11H,6,8H2,1-5H3. The van der Waals surface area contributed by atoms with Crippen molar-refractivity contribution in [2.24, 2.45) is 0 Å². The van der Waals surface area contributed by atoms with E-state index in [4.69, 9.17) is 14.0 Å². The first-order valence-electron chi connectivity index (χ1n) is 7.41. The summed E-state index contributed by atoms with van der Waals surface area (Å²) in [6.07, 6.45) is 1.19. The maximum Gasteiger partial charge on any atom is 0.494 e. The molecule has 0 saturated carbocycles. The Morgan fingerprint density at radius 3 is 2.38 bits per heavy atom. The smallest absolute Gasteiger partial charge is 0.427 e. The van der Waals surface area contributed by atoms with Crippen LogP contribution in [0.3, 0.4) is 0 Å². The summed E-state index contributed by atoms with van der Waals surface area (Å²) in [5.41, 5.74) is 0.0921. The van der Waals surface area contributed by atoms with E-state index in [0.717, 1.165) is 11.9 Å². The number of carbonyl (C=O) groups is 1. The molecule has 4 nitrogen and oxygen atoms in total. The third-order valence-corrected chi connectivity index (χ3v) is 4.07. The summed E-state index contributed by atoms with van der Waals surface area (Å²) >= 11 is 0. The van der Waals surface area contributed by atoms with Crippen LogP contribution in [0.15, 0.2) is 24.3 Å². The highest BCUT2D eigenvalue weighted by molar-refractivity contribution is 6.62. The number of ether oxygens (including phenoxy) is 1. The molecule has 2 rings (SSSR count). The molecule has 1 aliphatic heterocycles. The highest BCUT2D eigenvalue weighted by Crippen LogP contribution is 2.36. The number of benzene rings is 1. The molecule has 0 aliphatic carbocycles. The second kappa shape index (κ2) is 5.81. The van der Waals surface area contributed by atoms with E-state index in [2.05, 4.69) is 0 Å². The molecule has 5 heteroatoms. The molecule has 1 fully saturated rings. The summed E-state index contributed by atoms with van der Waals surface area (Å²) in [5, 5.41) is 0. The van der Waals surface area contributed by atoms with Gasteiger partial charge in [0.25, 0.3) is 0 Å². The number of esters is 1. The topological polar surface area (TPSA) is 44.8 Å². The highest BCUT2D eigenvalue weighted by atomic mass is 16.7. The Labute approximate surface area is 126 Å². The van der Waals surface area contributed by atoms with Crippen LogP contribution in [-0.4, -0.2) is 24.3 Å². The van der Waals surface area contributed by atoms with Crippen LogP contribution in [0.5, 0.6) is 5.75 Å². The van der Waals surface area contributed by atoms with E-state index >= 15 is 0 Å². The Kier molecular flexibility index (Phi) is 4.44. The van der Waals surface area contributed by atoms with Crippen LogP contribution in [0.4, 0.5) is 0 Å². The predicted octanol–water partition coefficient (Wildman–Crippen LogP) is 2.69. The van der Waals surface area contributed by atoms with E-state index < -0.39 is 7.12 Å². The second-order valence-electron chi connectivity index (χ2n) is 6.38. The predicted molar refractivity (Wildman–Crippen MR) is 82.7 cm³/mol. The Balaban J connectivity index is 2.14. The monoisotopic (exact) mass is 290 g/mol. The fourth-order valence-electron chi connectivity index (χ4n) is 2.09. The molecule has 21 heavy (non-hydrogen) atoms. The first-order chi connectivity index (χ1) is 9.75. The molecule has 0 atom stereocenters. The van der Waals surface area contributed by atoms with Gasteiger partial charge in [-0.2, -0.15) is 0 Å². The molecule has 1 aromatic carbocycles. The maximum absolute atomic E-state index is 11.6. The molecule has 0 aromatic heterocycles. The fraction of sp³-hybridized carbons (Fsp3) is 0.562. The zero-order valence-corrected chi connectivity index (χ0v) is 13.4. The van der Waals surface area contributed by atoms with E-state index in [1.807, 2.05) is 46.8 Å². The van der Waals surface area contributed by atoms with Crippen molar-refractivity contribution in [1.82, 2.24) is 0 Å². The lowest BCUT2D eigenvalue weighted by Crippen LogP contribution is -2.41. The van der Waals surface area contributed by atoms with Crippen LogP contribution >= 0.6 is 0 Å². The lowest BCUT2D eigenvalue weighted by molar-refractivity contribution is -0.134. The Morgan fingerprint density at radius 1 is 1.19 bits per heavy atom. The molecule has 0 spiro atoms. The normalized spacial score (nSPS) is 19.6. The molecule has 0 radical (unpaired) electrons. The van der Waals surface area contributed by atoms with E-state index in [1.54, 1.807) is 12.1 Å². The van der Waals surface area contributed by atoms with Gasteiger partial charge in [-0.3, -0.25) is 4.79 Å². The van der Waals surface area contributed by atoms with Crippen LogP contribution < -0.4 is 10.2 Å². The molecule has 0 bridgehead atoms. The number of hydrogen-bond donors (Lipinski definition) is 0. The highest BCUT2D eigenvalue weighted by Gasteiger charge is 2.51. The van der Waals surface area contributed by atoms with E-state index in [9.17, 15) is 4.79 Å². The van der Waals surface area contributed by atoms with Crippen molar-refractivity contribution in [3.8, 4) is 5.75 Å². The van der Waals surface area contributed by atoms with Crippen molar-refractivity contribution in [3.05, 3.63) is 24.3 Å². The quantitative estimate of drug-likeness (QED) is 0.486. The minimum atomic E-state index is -0.445. The van der Waals surface area contributed by atoms with Gasteiger partial charge < -0.3 is 14.0 Å². The Morgan fingerprint density at radius 2 is 1.81 bits per heavy atom. The second-order valence-corrected chi connectivity index (χ2v) is 6.38. The van der Waals surface area contributed by atoms with Crippen molar-refractivity contribution in [2.75, 3.05) is 0 Å². The van der Waals surface area contributed by atoms with E-state index in [-0.39, 0.29) is 17.2 Å². The first kappa shape index (κ1) is 16.1. The number of hydrogen-bond acceptors (Lipinski definition) is 4. The number of carbonyl (C=O) groups excluding carboxylic acids is 1. The molecule has 114 valence electrons. The van der Waals surface area contributed by atoms with Crippen molar-refractivity contribution < 1.29 is 18.8 Å². The van der Waals surface area contributed by atoms with Gasteiger partial charge in [0.05, 0.1) is 11.2 Å². The average Bonchev–Trinajstić information content (AvgIpc) is 2.59. The molecule has 1 saturated heterocycles. The Hall–Kier alpha value is -1.33. The third kappa shape index (κ3) is 3.47. The fourth-order valence-corrected chi connectivity index (χ4v) is 2.09. The number of rotatable bonds is 4. The summed E-state index contributed by atoms with van der Waals surface area (Å²) in [7, 11) is -0.445. The van der Waals surface area contributed by atoms with Crippen molar-refractivity contribution >= 4 is 18.6 Å². The van der Waals surface area contributed by atoms with Gasteiger partial charge in [0.1, 0.15) is 5.75 Å². The summed E-state index contributed by atoms with van der Waals surface area (Å²) in [6.45, 7) is 9.99. The van der Waals surface area contributed by atoms with Gasteiger partial charge in [-0.25, -0.2) is 0 Å². The minimum Gasteiger partial charge on any atom is -0.427 e. The molecular formula is C16H23BO4. The van der Waals surface area contributed by atoms with Crippen molar-refractivity contribution in [3.63, 3.8) is 0 Å². The van der Waals surface area contributed by atoms with Crippen LogP contribution in [-0.2, 0) is 14.1 Å². The van der Waals surface area contributed by atoms with Crippen LogP contribution in [0.1, 0.15) is 47.5 Å². The van der Waals surface area contributed by atoms with Gasteiger partial charge >= 0.3 is 13.1 Å². The lowest BCUT2D eigenvalue weighted by Gasteiger charge is -2.32. The SMILES string of the molecule is CCCC(=O)Oc1cccc(B2OC(C)(C)C(C)(C)O2)c1. The molecule has 0 unspecified atom stereocenters. The first-order valence-corrected chi connectivity index (χ1v) is 7.41. The van der Waals surface area contributed by atoms with Gasteiger partial charge in [0, 0.05) is 6.42 Å². The van der Waals surface area contributed by atoms with Crippen molar-refractivity contribution in [2.45, 2.75) is 58.7 Å². The minimum absolute atomic E-state index is 0.219. The summed E-state index contributed by atoms with van der Waals surface area (Å²) in [5.74, 6) is 0.309. The van der Waals surface area contributed by atoms with Crippen LogP contribution in [0.25, 0.3) is 0 Å². The van der Waals surface area contributed by atoms with Gasteiger partial charge in [-0.15, -0.1) is 0 Å². The van der Waals surface area contributed by atoms with Gasteiger partial charge in [0.15, 0.2) is 0 Å². The third-order valence-electron chi connectivity index (χ3n) is 4.07. The molecule has 0 N–H and O–H groups in total.